The number of benzene rings is 4. The van der Waals surface area contributed by atoms with Crippen molar-refractivity contribution < 1.29 is 26.3 Å². The molecule has 0 unspecified atom stereocenters. The molecule has 0 saturated carbocycles. The van der Waals surface area contributed by atoms with Crippen molar-refractivity contribution in [2.24, 2.45) is 0 Å². The van der Waals surface area contributed by atoms with Gasteiger partial charge in [-0.15, -0.1) is 0 Å². The summed E-state index contributed by atoms with van der Waals surface area (Å²) in [7, 11) is 0. The van der Waals surface area contributed by atoms with Crippen molar-refractivity contribution in [3.05, 3.63) is 96.1 Å². The summed E-state index contributed by atoms with van der Waals surface area (Å²) in [6.07, 6.45) is -11.4. The average Bonchev–Trinajstić information content (AvgIpc) is 2.82. The molecule has 0 fully saturated rings. The molecule has 0 heterocycles. The monoisotopic (exact) mass is 516 g/mol. The first-order valence-corrected chi connectivity index (χ1v) is 10.9. The van der Waals surface area contributed by atoms with E-state index in [-0.39, 0.29) is 11.4 Å². The Morgan fingerprint density at radius 3 is 0.946 bits per heavy atom. The van der Waals surface area contributed by atoms with Crippen molar-refractivity contribution in [1.82, 2.24) is 0 Å². The van der Waals surface area contributed by atoms with Crippen LogP contribution < -0.4 is 22.9 Å². The molecule has 4 aromatic carbocycles. The Kier molecular flexibility index (Phi) is 6.23. The van der Waals surface area contributed by atoms with Gasteiger partial charge in [-0.25, -0.2) is 0 Å². The van der Waals surface area contributed by atoms with Crippen molar-refractivity contribution in [3.63, 3.8) is 0 Å². The molecule has 0 aliphatic carbocycles. The minimum atomic E-state index is -5.70. The van der Waals surface area contributed by atoms with Crippen LogP contribution in [0.4, 0.5) is 49.1 Å². The minimum Gasteiger partial charge on any atom is -0.397 e. The van der Waals surface area contributed by atoms with E-state index in [1.54, 1.807) is 12.1 Å². The molecule has 0 aliphatic rings. The highest BCUT2D eigenvalue weighted by Crippen LogP contribution is 2.56. The molecule has 4 nitrogen and oxygen atoms in total. The van der Waals surface area contributed by atoms with Gasteiger partial charge in [0.25, 0.3) is 0 Å². The number of rotatable bonds is 4. The van der Waals surface area contributed by atoms with Gasteiger partial charge in [-0.1, -0.05) is 60.7 Å². The second-order valence-electron chi connectivity index (χ2n) is 8.59. The first-order chi connectivity index (χ1) is 17.3. The number of hydrogen-bond donors (Lipinski definition) is 4. The fourth-order valence-corrected chi connectivity index (χ4v) is 4.32. The molecule has 0 spiro atoms. The minimum absolute atomic E-state index is 0.240. The Morgan fingerprint density at radius 1 is 0.378 bits per heavy atom. The molecule has 0 amide bonds. The molecule has 37 heavy (non-hydrogen) atoms. The first kappa shape index (κ1) is 25.7. The molecule has 8 N–H and O–H groups in total. The Hall–Kier alpha value is -4.34. The second-order valence-corrected chi connectivity index (χ2v) is 8.59. The van der Waals surface area contributed by atoms with Gasteiger partial charge >= 0.3 is 12.4 Å². The van der Waals surface area contributed by atoms with Gasteiger partial charge in [-0.3, -0.25) is 0 Å². The van der Waals surface area contributed by atoms with E-state index >= 15 is 0 Å². The van der Waals surface area contributed by atoms with E-state index in [0.29, 0.717) is 33.6 Å². The third kappa shape index (κ3) is 4.39. The maximum absolute atomic E-state index is 14.5. The van der Waals surface area contributed by atoms with E-state index in [9.17, 15) is 26.3 Å². The molecule has 10 heteroatoms. The molecular weight excluding hydrogens is 494 g/mol. The highest BCUT2D eigenvalue weighted by molar-refractivity contribution is 5.76. The maximum Gasteiger partial charge on any atom is 0.411 e. The van der Waals surface area contributed by atoms with Crippen LogP contribution in [0.3, 0.4) is 0 Å². The van der Waals surface area contributed by atoms with Gasteiger partial charge in [0.15, 0.2) is 0 Å². The van der Waals surface area contributed by atoms with E-state index < -0.39 is 28.9 Å². The number of hydrogen-bond acceptors (Lipinski definition) is 4. The predicted molar refractivity (Wildman–Crippen MR) is 134 cm³/mol. The number of nitrogens with two attached hydrogens (primary N) is 4. The zero-order valence-electron chi connectivity index (χ0n) is 19.2. The molecular formula is C27H22F6N4. The molecule has 0 aromatic heterocycles. The van der Waals surface area contributed by atoms with Crippen LogP contribution in [0.5, 0.6) is 0 Å². The van der Waals surface area contributed by atoms with Gasteiger partial charge < -0.3 is 22.9 Å². The van der Waals surface area contributed by atoms with E-state index in [1.807, 2.05) is 0 Å². The van der Waals surface area contributed by atoms with Gasteiger partial charge in [0.05, 0.1) is 22.7 Å². The zero-order valence-corrected chi connectivity index (χ0v) is 19.2. The lowest BCUT2D eigenvalue weighted by Gasteiger charge is -2.38. The summed E-state index contributed by atoms with van der Waals surface area (Å²) in [4.78, 5) is 0. The van der Waals surface area contributed by atoms with Crippen LogP contribution in [-0.2, 0) is 5.41 Å². The normalized spacial score (nSPS) is 12.5. The lowest BCUT2D eigenvalue weighted by Crippen LogP contribution is -2.54. The van der Waals surface area contributed by atoms with Crippen molar-refractivity contribution in [1.29, 1.82) is 0 Å². The lowest BCUT2D eigenvalue weighted by molar-refractivity contribution is -0.288. The fraction of sp³-hybridized carbons (Fsp3) is 0.111. The third-order valence-electron chi connectivity index (χ3n) is 6.33. The first-order valence-electron chi connectivity index (χ1n) is 10.9. The highest BCUT2D eigenvalue weighted by Gasteiger charge is 2.72. The van der Waals surface area contributed by atoms with Crippen LogP contribution in [0.25, 0.3) is 22.3 Å². The van der Waals surface area contributed by atoms with E-state index in [1.165, 1.54) is 48.5 Å². The Balaban J connectivity index is 1.85. The van der Waals surface area contributed by atoms with Crippen LogP contribution in [-0.4, -0.2) is 12.4 Å². The summed E-state index contributed by atoms with van der Waals surface area (Å²) in [5.74, 6) is 0. The van der Waals surface area contributed by atoms with Crippen molar-refractivity contribution in [2.45, 2.75) is 17.8 Å². The molecule has 192 valence electrons. The van der Waals surface area contributed by atoms with Gasteiger partial charge in [-0.2, -0.15) is 26.3 Å². The van der Waals surface area contributed by atoms with Crippen LogP contribution in [0.15, 0.2) is 84.9 Å². The number of nitrogen functional groups attached to an aromatic ring is 4. The SMILES string of the molecule is Nc1ccc(-c2ccc(C(c3ccc(-c4ccc(N)c(N)c4)cc3)(C(F)(F)F)C(F)(F)F)cc2)cc1N. The van der Waals surface area contributed by atoms with Crippen LogP contribution in [0.2, 0.25) is 0 Å². The van der Waals surface area contributed by atoms with E-state index in [4.69, 9.17) is 22.9 Å². The number of alkyl halides is 6. The quantitative estimate of drug-likeness (QED) is 0.178. The van der Waals surface area contributed by atoms with Gasteiger partial charge in [-0.05, 0) is 57.6 Å². The molecule has 0 bridgehead atoms. The third-order valence-corrected chi connectivity index (χ3v) is 6.33. The lowest BCUT2D eigenvalue weighted by atomic mass is 9.72. The van der Waals surface area contributed by atoms with E-state index in [2.05, 4.69) is 0 Å². The van der Waals surface area contributed by atoms with Crippen LogP contribution in [0, 0.1) is 0 Å². The standard InChI is InChI=1S/C27H22F6N4/c28-26(29,30)25(27(31,32)33,19-7-1-15(2-8-19)17-5-11-21(34)23(36)13-17)20-9-3-16(4-10-20)18-6-12-22(35)24(37)14-18/h1-14H,34-37H2. The topological polar surface area (TPSA) is 104 Å². The van der Waals surface area contributed by atoms with E-state index in [0.717, 1.165) is 24.3 Å². The number of anilines is 4. The smallest absolute Gasteiger partial charge is 0.397 e. The molecule has 4 rings (SSSR count). The molecule has 0 atom stereocenters. The largest absolute Gasteiger partial charge is 0.411 e. The summed E-state index contributed by atoms with van der Waals surface area (Å²) in [6.45, 7) is 0. The summed E-state index contributed by atoms with van der Waals surface area (Å²) >= 11 is 0. The van der Waals surface area contributed by atoms with Gasteiger partial charge in [0.2, 0.25) is 5.41 Å². The predicted octanol–water partition coefficient (Wildman–Crippen LogP) is 6.76. The summed E-state index contributed by atoms with van der Waals surface area (Å²) in [5.41, 5.74) is 19.6. The maximum atomic E-state index is 14.5. The average molecular weight is 516 g/mol. The molecule has 0 aliphatic heterocycles. The molecule has 4 aromatic rings. The van der Waals surface area contributed by atoms with Crippen LogP contribution in [0.1, 0.15) is 11.1 Å². The summed E-state index contributed by atoms with van der Waals surface area (Å²) in [6, 6.07) is 17.2. The highest BCUT2D eigenvalue weighted by atomic mass is 19.4. The second kappa shape index (κ2) is 8.95. The fourth-order valence-electron chi connectivity index (χ4n) is 4.32. The van der Waals surface area contributed by atoms with Gasteiger partial charge in [0, 0.05) is 0 Å². The molecule has 0 saturated heterocycles. The summed E-state index contributed by atoms with van der Waals surface area (Å²) in [5, 5.41) is 0. The Morgan fingerprint density at radius 2 is 0.676 bits per heavy atom. The number of halogens is 6. The van der Waals surface area contributed by atoms with Crippen molar-refractivity contribution >= 4 is 22.7 Å². The van der Waals surface area contributed by atoms with Crippen molar-refractivity contribution in [2.75, 3.05) is 22.9 Å². The Bertz CT molecular complexity index is 1310. The van der Waals surface area contributed by atoms with Crippen LogP contribution >= 0.6 is 0 Å². The molecule has 0 radical (unpaired) electrons. The zero-order chi connectivity index (χ0) is 27.2. The Labute approximate surface area is 208 Å². The summed E-state index contributed by atoms with van der Waals surface area (Å²) < 4.78 is 87.0. The van der Waals surface area contributed by atoms with Crippen molar-refractivity contribution in [3.8, 4) is 22.3 Å². The van der Waals surface area contributed by atoms with Gasteiger partial charge in [0.1, 0.15) is 0 Å².